The van der Waals surface area contributed by atoms with E-state index in [4.69, 9.17) is 0 Å². The summed E-state index contributed by atoms with van der Waals surface area (Å²) < 4.78 is 17.6. The Morgan fingerprint density at radius 2 is 1.90 bits per heavy atom. The van der Waals surface area contributed by atoms with Gasteiger partial charge in [-0.15, -0.1) is 0 Å². The summed E-state index contributed by atoms with van der Waals surface area (Å²) in [7, 11) is 2.02. The van der Waals surface area contributed by atoms with Gasteiger partial charge in [-0.25, -0.2) is 9.18 Å². The van der Waals surface area contributed by atoms with E-state index in [2.05, 4.69) is 20.8 Å². The highest BCUT2D eigenvalue weighted by molar-refractivity contribution is 9.10. The Hall–Kier alpha value is -2.71. The molecule has 1 saturated heterocycles. The number of hydrogen-bond acceptors (Lipinski definition) is 4. The van der Waals surface area contributed by atoms with Crippen LogP contribution in [0.5, 0.6) is 0 Å². The summed E-state index contributed by atoms with van der Waals surface area (Å²) in [5, 5.41) is 9.55. The molecule has 6 nitrogen and oxygen atoms in total. The maximum atomic E-state index is 15.0. The maximum Gasteiger partial charge on any atom is 0.341 e. The van der Waals surface area contributed by atoms with E-state index in [0.29, 0.717) is 30.8 Å². The number of pyridine rings is 1. The summed E-state index contributed by atoms with van der Waals surface area (Å²) in [6.07, 6.45) is 1.35. The Morgan fingerprint density at radius 3 is 2.57 bits per heavy atom. The monoisotopic (exact) mass is 473 g/mol. The number of fused-ring (bicyclic) bond motifs is 1. The molecule has 8 heteroatoms. The average Bonchev–Trinajstić information content (AvgIpc) is 2.70. The zero-order valence-electron chi connectivity index (χ0n) is 16.4. The molecular formula is C22H21BrFN3O3. The van der Waals surface area contributed by atoms with Crippen LogP contribution in [-0.4, -0.2) is 53.8 Å². The highest BCUT2D eigenvalue weighted by Crippen LogP contribution is 2.27. The third kappa shape index (κ3) is 3.97. The van der Waals surface area contributed by atoms with Crippen molar-refractivity contribution in [2.24, 2.45) is 0 Å². The molecule has 156 valence electrons. The quantitative estimate of drug-likeness (QED) is 0.628. The van der Waals surface area contributed by atoms with Crippen molar-refractivity contribution in [2.75, 3.05) is 38.1 Å². The van der Waals surface area contributed by atoms with E-state index in [-0.39, 0.29) is 10.9 Å². The van der Waals surface area contributed by atoms with Gasteiger partial charge in [0.2, 0.25) is 5.43 Å². The molecule has 2 heterocycles. The molecule has 4 rings (SSSR count). The maximum absolute atomic E-state index is 15.0. The lowest BCUT2D eigenvalue weighted by molar-refractivity contribution is 0.0695. The zero-order chi connectivity index (χ0) is 21.4. The van der Waals surface area contributed by atoms with Gasteiger partial charge in [0.25, 0.3) is 0 Å². The molecule has 0 amide bonds. The summed E-state index contributed by atoms with van der Waals surface area (Å²) in [6.45, 7) is 3.36. The van der Waals surface area contributed by atoms with Crippen LogP contribution in [0.3, 0.4) is 0 Å². The second-order valence-corrected chi connectivity index (χ2v) is 8.46. The average molecular weight is 474 g/mol. The Morgan fingerprint density at radius 1 is 1.17 bits per heavy atom. The van der Waals surface area contributed by atoms with Crippen molar-refractivity contribution in [3.8, 4) is 0 Å². The molecule has 3 aromatic rings. The van der Waals surface area contributed by atoms with E-state index in [9.17, 15) is 19.1 Å². The topological polar surface area (TPSA) is 65.8 Å². The van der Waals surface area contributed by atoms with Crippen molar-refractivity contribution in [1.82, 2.24) is 9.47 Å². The molecule has 30 heavy (non-hydrogen) atoms. The SMILES string of the molecule is CN1CCN(c2cc3c(cc2F)c(=O)c(C(=O)O)cn3Cc2cccc(Br)c2)CC1. The first kappa shape index (κ1) is 20.6. The van der Waals surface area contributed by atoms with Gasteiger partial charge in [-0.3, -0.25) is 4.79 Å². The number of rotatable bonds is 4. The molecular weight excluding hydrogens is 453 g/mol. The summed E-state index contributed by atoms with van der Waals surface area (Å²) >= 11 is 3.44. The van der Waals surface area contributed by atoms with Crippen LogP contribution in [0.1, 0.15) is 15.9 Å². The predicted octanol–water partition coefficient (Wildman–Crippen LogP) is 3.40. The van der Waals surface area contributed by atoms with Crippen LogP contribution in [0.4, 0.5) is 10.1 Å². The Kier molecular flexibility index (Phi) is 5.62. The molecule has 1 aliphatic rings. The molecule has 1 aromatic heterocycles. The van der Waals surface area contributed by atoms with Gasteiger partial charge in [-0.05, 0) is 36.9 Å². The summed E-state index contributed by atoms with van der Waals surface area (Å²) in [5.74, 6) is -1.84. The van der Waals surface area contributed by atoms with Gasteiger partial charge in [-0.1, -0.05) is 28.1 Å². The normalized spacial score (nSPS) is 15.0. The molecule has 2 aromatic carbocycles. The minimum atomic E-state index is -1.33. The van der Waals surface area contributed by atoms with Crippen LogP contribution < -0.4 is 10.3 Å². The highest BCUT2D eigenvalue weighted by Gasteiger charge is 2.21. The van der Waals surface area contributed by atoms with Crippen molar-refractivity contribution in [3.63, 3.8) is 0 Å². The highest BCUT2D eigenvalue weighted by atomic mass is 79.9. The van der Waals surface area contributed by atoms with Crippen molar-refractivity contribution >= 4 is 38.5 Å². The van der Waals surface area contributed by atoms with Crippen molar-refractivity contribution in [1.29, 1.82) is 0 Å². The third-order valence-corrected chi connectivity index (χ3v) is 5.96. The lowest BCUT2D eigenvalue weighted by atomic mass is 10.1. The zero-order valence-corrected chi connectivity index (χ0v) is 18.0. The second kappa shape index (κ2) is 8.20. The van der Waals surface area contributed by atoms with E-state index in [1.54, 1.807) is 10.6 Å². The van der Waals surface area contributed by atoms with Crippen LogP contribution in [0, 0.1) is 5.82 Å². The van der Waals surface area contributed by atoms with Crippen LogP contribution in [0.2, 0.25) is 0 Å². The van der Waals surface area contributed by atoms with Gasteiger partial charge in [0.1, 0.15) is 11.4 Å². The largest absolute Gasteiger partial charge is 0.477 e. The lowest BCUT2D eigenvalue weighted by Crippen LogP contribution is -2.44. The number of carboxylic acid groups (broad SMARTS) is 1. The number of carboxylic acids is 1. The van der Waals surface area contributed by atoms with E-state index in [1.807, 2.05) is 36.2 Å². The molecule has 0 radical (unpaired) electrons. The number of piperazine rings is 1. The number of hydrogen-bond donors (Lipinski definition) is 1. The minimum Gasteiger partial charge on any atom is -0.477 e. The van der Waals surface area contributed by atoms with Gasteiger partial charge in [0, 0.05) is 48.8 Å². The number of aromatic carboxylic acids is 1. The molecule has 0 bridgehead atoms. The standard InChI is InChI=1S/C22H21BrFN3O3/c1-25-5-7-26(8-6-25)20-11-19-16(10-18(20)24)21(28)17(22(29)30)13-27(19)12-14-3-2-4-15(23)9-14/h2-4,9-11,13H,5-8,12H2,1H3,(H,29,30). The number of anilines is 1. The number of carbonyl (C=O) groups is 1. The van der Waals surface area contributed by atoms with Gasteiger partial charge >= 0.3 is 5.97 Å². The molecule has 1 fully saturated rings. The molecule has 0 spiro atoms. The van der Waals surface area contributed by atoms with Crippen molar-refractivity contribution in [2.45, 2.75) is 6.54 Å². The van der Waals surface area contributed by atoms with E-state index in [0.717, 1.165) is 23.1 Å². The fraction of sp³-hybridized carbons (Fsp3) is 0.273. The Labute approximate surface area is 181 Å². The van der Waals surface area contributed by atoms with Crippen LogP contribution >= 0.6 is 15.9 Å². The lowest BCUT2D eigenvalue weighted by Gasteiger charge is -2.34. The van der Waals surface area contributed by atoms with Crippen molar-refractivity contribution < 1.29 is 14.3 Å². The first-order chi connectivity index (χ1) is 14.3. The van der Waals surface area contributed by atoms with Crippen LogP contribution in [0.25, 0.3) is 10.9 Å². The first-order valence-corrected chi connectivity index (χ1v) is 10.4. The second-order valence-electron chi connectivity index (χ2n) is 7.55. The molecule has 0 atom stereocenters. The number of likely N-dealkylation sites (N-methyl/N-ethyl adjacent to an activating group) is 1. The summed E-state index contributed by atoms with van der Waals surface area (Å²) in [6, 6.07) is 10.5. The molecule has 0 aliphatic carbocycles. The number of nitrogens with zero attached hydrogens (tertiary/aromatic N) is 3. The molecule has 1 aliphatic heterocycles. The van der Waals surface area contributed by atoms with E-state index in [1.165, 1.54) is 12.3 Å². The smallest absolute Gasteiger partial charge is 0.341 e. The summed E-state index contributed by atoms with van der Waals surface area (Å²) in [4.78, 5) is 28.5. The molecule has 1 N–H and O–H groups in total. The number of aromatic nitrogens is 1. The Balaban J connectivity index is 1.89. The van der Waals surface area contributed by atoms with Crippen LogP contribution in [0.15, 0.2) is 51.9 Å². The summed E-state index contributed by atoms with van der Waals surface area (Å²) in [5.41, 5.74) is 0.827. The van der Waals surface area contributed by atoms with Gasteiger partial charge in [0.05, 0.1) is 11.2 Å². The third-order valence-electron chi connectivity index (χ3n) is 5.47. The van der Waals surface area contributed by atoms with Crippen LogP contribution in [-0.2, 0) is 6.54 Å². The minimum absolute atomic E-state index is 0.0697. The Bertz CT molecular complexity index is 1190. The molecule has 0 saturated carbocycles. The fourth-order valence-electron chi connectivity index (χ4n) is 3.80. The van der Waals surface area contributed by atoms with Gasteiger partial charge in [-0.2, -0.15) is 0 Å². The van der Waals surface area contributed by atoms with E-state index >= 15 is 0 Å². The van der Waals surface area contributed by atoms with Crippen molar-refractivity contribution in [3.05, 3.63) is 74.2 Å². The predicted molar refractivity (Wildman–Crippen MR) is 118 cm³/mol. The number of halogens is 2. The molecule has 0 unspecified atom stereocenters. The van der Waals surface area contributed by atoms with Gasteiger partial charge in [0.15, 0.2) is 0 Å². The van der Waals surface area contributed by atoms with E-state index < -0.39 is 17.2 Å². The van der Waals surface area contributed by atoms with Gasteiger partial charge < -0.3 is 19.5 Å². The fourth-order valence-corrected chi connectivity index (χ4v) is 4.25. The first-order valence-electron chi connectivity index (χ1n) is 9.61. The number of benzene rings is 2.